The standard InChI is InChI=1S/C22H21N3O2/c1-16-8-5-6-12-19(16)24-22(27)20(14-17-9-3-2-4-10-17)25-21(26)18-11-7-13-23-15-18/h2-13,15,20H,14H2,1H3,(H,24,27)(H,25,26). The average molecular weight is 359 g/mol. The molecule has 5 heteroatoms. The van der Waals surface area contributed by atoms with E-state index in [4.69, 9.17) is 0 Å². The summed E-state index contributed by atoms with van der Waals surface area (Å²) in [4.78, 5) is 29.4. The zero-order valence-corrected chi connectivity index (χ0v) is 15.1. The third-order valence-electron chi connectivity index (χ3n) is 4.23. The van der Waals surface area contributed by atoms with Gasteiger partial charge in [0.05, 0.1) is 5.56 Å². The van der Waals surface area contributed by atoms with E-state index in [9.17, 15) is 9.59 Å². The van der Waals surface area contributed by atoms with Gasteiger partial charge in [-0.05, 0) is 36.2 Å². The van der Waals surface area contributed by atoms with Crippen LogP contribution in [0.25, 0.3) is 0 Å². The average Bonchev–Trinajstić information content (AvgIpc) is 2.70. The molecule has 0 spiro atoms. The number of hydrogen-bond donors (Lipinski definition) is 2. The van der Waals surface area contributed by atoms with Crippen LogP contribution in [0.5, 0.6) is 0 Å². The molecule has 1 atom stereocenters. The van der Waals surface area contributed by atoms with E-state index in [0.717, 1.165) is 16.8 Å². The summed E-state index contributed by atoms with van der Waals surface area (Å²) in [6.45, 7) is 1.93. The molecular formula is C22H21N3O2. The van der Waals surface area contributed by atoms with Gasteiger partial charge in [-0.25, -0.2) is 0 Å². The Balaban J connectivity index is 1.79. The maximum atomic E-state index is 12.9. The van der Waals surface area contributed by atoms with Gasteiger partial charge in [0.1, 0.15) is 6.04 Å². The van der Waals surface area contributed by atoms with Gasteiger partial charge < -0.3 is 10.6 Å². The van der Waals surface area contributed by atoms with Crippen LogP contribution < -0.4 is 10.6 Å². The van der Waals surface area contributed by atoms with E-state index in [1.165, 1.54) is 6.20 Å². The van der Waals surface area contributed by atoms with E-state index >= 15 is 0 Å². The number of amides is 2. The number of aromatic nitrogens is 1. The van der Waals surface area contributed by atoms with Crippen LogP contribution in [-0.2, 0) is 11.2 Å². The summed E-state index contributed by atoms with van der Waals surface area (Å²) in [5, 5.41) is 5.75. The smallest absolute Gasteiger partial charge is 0.253 e. The molecule has 1 aromatic heterocycles. The van der Waals surface area contributed by atoms with E-state index in [1.807, 2.05) is 61.5 Å². The third-order valence-corrected chi connectivity index (χ3v) is 4.23. The van der Waals surface area contributed by atoms with Crippen LogP contribution in [0.15, 0.2) is 79.1 Å². The predicted octanol–water partition coefficient (Wildman–Crippen LogP) is 3.37. The summed E-state index contributed by atoms with van der Waals surface area (Å²) in [7, 11) is 0. The second-order valence-electron chi connectivity index (χ2n) is 6.26. The number of nitrogens with zero attached hydrogens (tertiary/aromatic N) is 1. The van der Waals surface area contributed by atoms with E-state index in [0.29, 0.717) is 12.0 Å². The quantitative estimate of drug-likeness (QED) is 0.709. The molecule has 5 nitrogen and oxygen atoms in total. The first-order valence-electron chi connectivity index (χ1n) is 8.75. The Morgan fingerprint density at radius 2 is 1.70 bits per heavy atom. The summed E-state index contributed by atoms with van der Waals surface area (Å²) in [6.07, 6.45) is 3.47. The van der Waals surface area contributed by atoms with Crippen molar-refractivity contribution in [2.75, 3.05) is 5.32 Å². The normalized spacial score (nSPS) is 11.4. The van der Waals surface area contributed by atoms with E-state index in [-0.39, 0.29) is 11.8 Å². The van der Waals surface area contributed by atoms with Crippen LogP contribution in [0.4, 0.5) is 5.69 Å². The molecule has 2 aromatic carbocycles. The minimum absolute atomic E-state index is 0.259. The van der Waals surface area contributed by atoms with Crippen molar-refractivity contribution in [2.45, 2.75) is 19.4 Å². The monoisotopic (exact) mass is 359 g/mol. The van der Waals surface area contributed by atoms with Gasteiger partial charge in [-0.1, -0.05) is 48.5 Å². The van der Waals surface area contributed by atoms with E-state index in [2.05, 4.69) is 15.6 Å². The number of para-hydroxylation sites is 1. The highest BCUT2D eigenvalue weighted by molar-refractivity contribution is 6.01. The number of nitrogens with one attached hydrogen (secondary N) is 2. The highest BCUT2D eigenvalue weighted by atomic mass is 16.2. The second kappa shape index (κ2) is 8.76. The van der Waals surface area contributed by atoms with Crippen molar-refractivity contribution < 1.29 is 9.59 Å². The topological polar surface area (TPSA) is 71.1 Å². The number of pyridine rings is 1. The van der Waals surface area contributed by atoms with Crippen molar-refractivity contribution in [2.24, 2.45) is 0 Å². The molecule has 0 saturated carbocycles. The van der Waals surface area contributed by atoms with E-state index < -0.39 is 6.04 Å². The van der Waals surface area contributed by atoms with Crippen molar-refractivity contribution in [3.63, 3.8) is 0 Å². The van der Waals surface area contributed by atoms with Gasteiger partial charge in [0.25, 0.3) is 5.91 Å². The number of carbonyl (C=O) groups is 2. The molecule has 3 aromatic rings. The number of rotatable bonds is 6. The van der Waals surface area contributed by atoms with Gasteiger partial charge in [-0.2, -0.15) is 0 Å². The number of carbonyl (C=O) groups excluding carboxylic acids is 2. The fourth-order valence-corrected chi connectivity index (χ4v) is 2.73. The number of hydrogen-bond acceptors (Lipinski definition) is 3. The first-order chi connectivity index (χ1) is 13.1. The molecule has 2 amide bonds. The SMILES string of the molecule is Cc1ccccc1NC(=O)C(Cc1ccccc1)NC(=O)c1cccnc1. The molecule has 27 heavy (non-hydrogen) atoms. The fourth-order valence-electron chi connectivity index (χ4n) is 2.73. The van der Waals surface area contributed by atoms with Crippen molar-refractivity contribution in [1.29, 1.82) is 0 Å². The lowest BCUT2D eigenvalue weighted by Gasteiger charge is -2.19. The maximum absolute atomic E-state index is 12.9. The van der Waals surface area contributed by atoms with Crippen LogP contribution in [0.2, 0.25) is 0 Å². The summed E-state index contributed by atoms with van der Waals surface area (Å²) < 4.78 is 0. The Kier molecular flexibility index (Phi) is 5.94. The predicted molar refractivity (Wildman–Crippen MR) is 105 cm³/mol. The van der Waals surface area contributed by atoms with Crippen LogP contribution in [0.1, 0.15) is 21.5 Å². The molecule has 0 bridgehead atoms. The van der Waals surface area contributed by atoms with Gasteiger partial charge in [-0.3, -0.25) is 14.6 Å². The lowest BCUT2D eigenvalue weighted by atomic mass is 10.0. The maximum Gasteiger partial charge on any atom is 0.253 e. The van der Waals surface area contributed by atoms with Crippen molar-refractivity contribution in [3.8, 4) is 0 Å². The lowest BCUT2D eigenvalue weighted by Crippen LogP contribution is -2.45. The number of benzene rings is 2. The summed E-state index contributed by atoms with van der Waals surface area (Å²) in [6, 6.07) is 19.8. The van der Waals surface area contributed by atoms with Gasteiger partial charge in [0.2, 0.25) is 5.91 Å². The molecule has 0 fully saturated rings. The third kappa shape index (κ3) is 5.01. The van der Waals surface area contributed by atoms with E-state index in [1.54, 1.807) is 18.3 Å². The molecular weight excluding hydrogens is 338 g/mol. The highest BCUT2D eigenvalue weighted by Crippen LogP contribution is 2.14. The highest BCUT2D eigenvalue weighted by Gasteiger charge is 2.22. The van der Waals surface area contributed by atoms with Crippen molar-refractivity contribution in [3.05, 3.63) is 95.8 Å². The van der Waals surface area contributed by atoms with Crippen molar-refractivity contribution >= 4 is 17.5 Å². The molecule has 0 radical (unpaired) electrons. The fraction of sp³-hybridized carbons (Fsp3) is 0.136. The largest absolute Gasteiger partial charge is 0.340 e. The van der Waals surface area contributed by atoms with Crippen molar-refractivity contribution in [1.82, 2.24) is 10.3 Å². The molecule has 1 unspecified atom stereocenters. The lowest BCUT2D eigenvalue weighted by molar-refractivity contribution is -0.118. The summed E-state index contributed by atoms with van der Waals surface area (Å²) in [5.74, 6) is -0.589. The molecule has 0 aliphatic rings. The summed E-state index contributed by atoms with van der Waals surface area (Å²) >= 11 is 0. The Morgan fingerprint density at radius 3 is 2.41 bits per heavy atom. The van der Waals surface area contributed by atoms with Crippen LogP contribution in [0, 0.1) is 6.92 Å². The minimum Gasteiger partial charge on any atom is -0.340 e. The Bertz CT molecular complexity index is 911. The number of anilines is 1. The Morgan fingerprint density at radius 1 is 0.963 bits per heavy atom. The molecule has 0 saturated heterocycles. The van der Waals surface area contributed by atoms with Crippen LogP contribution in [0.3, 0.4) is 0 Å². The zero-order chi connectivity index (χ0) is 19.1. The molecule has 0 aliphatic carbocycles. The van der Waals surface area contributed by atoms with Gasteiger partial charge in [0.15, 0.2) is 0 Å². The number of aryl methyl sites for hydroxylation is 1. The van der Waals surface area contributed by atoms with Gasteiger partial charge in [-0.15, -0.1) is 0 Å². The molecule has 0 aliphatic heterocycles. The Labute approximate surface area is 158 Å². The molecule has 1 heterocycles. The van der Waals surface area contributed by atoms with Gasteiger partial charge in [0, 0.05) is 24.5 Å². The second-order valence-corrected chi connectivity index (χ2v) is 6.26. The molecule has 2 N–H and O–H groups in total. The Hall–Kier alpha value is -3.47. The van der Waals surface area contributed by atoms with Crippen LogP contribution >= 0.6 is 0 Å². The first-order valence-corrected chi connectivity index (χ1v) is 8.75. The summed E-state index contributed by atoms with van der Waals surface area (Å²) in [5.41, 5.74) is 3.08. The minimum atomic E-state index is -0.709. The zero-order valence-electron chi connectivity index (χ0n) is 15.1. The van der Waals surface area contributed by atoms with Gasteiger partial charge >= 0.3 is 0 Å². The molecule has 136 valence electrons. The molecule has 3 rings (SSSR count). The first kappa shape index (κ1) is 18.3. The van der Waals surface area contributed by atoms with Crippen LogP contribution in [-0.4, -0.2) is 22.8 Å².